The van der Waals surface area contributed by atoms with Crippen LogP contribution in [0.1, 0.15) is 35.7 Å². The van der Waals surface area contributed by atoms with E-state index in [0.717, 1.165) is 43.5 Å². The lowest BCUT2D eigenvalue weighted by Crippen LogP contribution is -2.44. The van der Waals surface area contributed by atoms with Gasteiger partial charge >= 0.3 is 0 Å². The minimum Gasteiger partial charge on any atom is -0.350 e. The Labute approximate surface area is 125 Å². The third-order valence-electron chi connectivity index (χ3n) is 4.29. The fourth-order valence-corrected chi connectivity index (χ4v) is 3.15. The molecule has 3 rings (SSSR count). The van der Waals surface area contributed by atoms with Crippen LogP contribution in [0.3, 0.4) is 0 Å². The molecule has 0 bridgehead atoms. The summed E-state index contributed by atoms with van der Waals surface area (Å²) < 4.78 is 11.2. The van der Waals surface area contributed by atoms with Crippen LogP contribution in [0.25, 0.3) is 0 Å². The fraction of sp³-hybridized carbons (Fsp3) is 0.625. The second-order valence-corrected chi connectivity index (χ2v) is 5.65. The Morgan fingerprint density at radius 2 is 2.24 bits per heavy atom. The van der Waals surface area contributed by atoms with E-state index in [4.69, 9.17) is 9.47 Å². The first kappa shape index (κ1) is 14.5. The van der Waals surface area contributed by atoms with Crippen LogP contribution in [0.15, 0.2) is 18.5 Å². The monoisotopic (exact) mass is 290 g/mol. The number of aryl methyl sites for hydroxylation is 1. The number of piperidine rings is 1. The highest BCUT2D eigenvalue weighted by atomic mass is 16.7. The Morgan fingerprint density at radius 3 is 3.00 bits per heavy atom. The maximum absolute atomic E-state index is 12.8. The zero-order chi connectivity index (χ0) is 14.7. The van der Waals surface area contributed by atoms with Crippen LogP contribution >= 0.6 is 0 Å². The third kappa shape index (κ3) is 3.09. The van der Waals surface area contributed by atoms with Crippen molar-refractivity contribution in [1.82, 2.24) is 9.88 Å². The Hall–Kier alpha value is -1.46. The largest absolute Gasteiger partial charge is 0.350 e. The Morgan fingerprint density at radius 1 is 1.43 bits per heavy atom. The van der Waals surface area contributed by atoms with Gasteiger partial charge in [-0.05, 0) is 30.9 Å². The van der Waals surface area contributed by atoms with Crippen LogP contribution in [-0.2, 0) is 15.9 Å². The molecule has 0 aromatic carbocycles. The molecule has 0 spiro atoms. The molecule has 2 fully saturated rings. The molecule has 0 saturated carbocycles. The van der Waals surface area contributed by atoms with Crippen LogP contribution in [0, 0.1) is 5.92 Å². The lowest BCUT2D eigenvalue weighted by atomic mass is 9.96. The average Bonchev–Trinajstić information content (AvgIpc) is 3.09. The van der Waals surface area contributed by atoms with Gasteiger partial charge in [0, 0.05) is 37.0 Å². The molecule has 3 heterocycles. The summed E-state index contributed by atoms with van der Waals surface area (Å²) in [4.78, 5) is 18.8. The van der Waals surface area contributed by atoms with E-state index in [1.165, 1.54) is 0 Å². The second kappa shape index (κ2) is 6.54. The lowest BCUT2D eigenvalue weighted by molar-refractivity contribution is -0.0969. The molecule has 1 aromatic rings. The van der Waals surface area contributed by atoms with Crippen LogP contribution < -0.4 is 0 Å². The predicted octanol–water partition coefficient (Wildman–Crippen LogP) is 1.87. The van der Waals surface area contributed by atoms with E-state index in [0.29, 0.717) is 13.2 Å². The SMILES string of the molecule is CCc1cnccc1C(=O)N1CCCC(C2OCCO2)C1. The molecule has 1 unspecified atom stereocenters. The number of carbonyl (C=O) groups excluding carboxylic acids is 1. The van der Waals surface area contributed by atoms with E-state index in [9.17, 15) is 4.79 Å². The van der Waals surface area contributed by atoms with Crippen molar-refractivity contribution in [2.75, 3.05) is 26.3 Å². The molecule has 0 N–H and O–H groups in total. The molecule has 2 saturated heterocycles. The maximum atomic E-state index is 12.8. The Bertz CT molecular complexity index is 500. The Balaban J connectivity index is 1.71. The number of aromatic nitrogens is 1. The van der Waals surface area contributed by atoms with Crippen molar-refractivity contribution >= 4 is 5.91 Å². The summed E-state index contributed by atoms with van der Waals surface area (Å²) in [5.41, 5.74) is 1.79. The summed E-state index contributed by atoms with van der Waals surface area (Å²) in [6.45, 7) is 4.91. The van der Waals surface area contributed by atoms with Crippen LogP contribution in [-0.4, -0.2) is 48.4 Å². The second-order valence-electron chi connectivity index (χ2n) is 5.65. The van der Waals surface area contributed by atoms with Gasteiger partial charge in [-0.2, -0.15) is 0 Å². The van der Waals surface area contributed by atoms with Crippen molar-refractivity contribution in [3.05, 3.63) is 29.6 Å². The summed E-state index contributed by atoms with van der Waals surface area (Å²) in [7, 11) is 0. The normalized spacial score (nSPS) is 23.5. The molecule has 1 aromatic heterocycles. The molecule has 21 heavy (non-hydrogen) atoms. The van der Waals surface area contributed by atoms with Crippen LogP contribution in [0.5, 0.6) is 0 Å². The van der Waals surface area contributed by atoms with Crippen molar-refractivity contribution < 1.29 is 14.3 Å². The molecule has 5 heteroatoms. The highest BCUT2D eigenvalue weighted by Crippen LogP contribution is 2.26. The molecule has 0 aliphatic carbocycles. The van der Waals surface area contributed by atoms with Crippen LogP contribution in [0.2, 0.25) is 0 Å². The van der Waals surface area contributed by atoms with E-state index < -0.39 is 0 Å². The molecule has 2 aliphatic rings. The van der Waals surface area contributed by atoms with E-state index in [2.05, 4.69) is 4.98 Å². The first-order chi connectivity index (χ1) is 10.3. The number of hydrogen-bond acceptors (Lipinski definition) is 4. The first-order valence-electron chi connectivity index (χ1n) is 7.75. The lowest BCUT2D eigenvalue weighted by Gasteiger charge is -2.35. The van der Waals surface area contributed by atoms with E-state index in [1.807, 2.05) is 17.9 Å². The number of carbonyl (C=O) groups is 1. The summed E-state index contributed by atoms with van der Waals surface area (Å²) in [6.07, 6.45) is 6.23. The van der Waals surface area contributed by atoms with Crippen molar-refractivity contribution in [3.8, 4) is 0 Å². The fourth-order valence-electron chi connectivity index (χ4n) is 3.15. The first-order valence-corrected chi connectivity index (χ1v) is 7.75. The Kier molecular flexibility index (Phi) is 4.51. The van der Waals surface area contributed by atoms with Gasteiger partial charge in [0.1, 0.15) is 0 Å². The predicted molar refractivity (Wildman–Crippen MR) is 77.9 cm³/mol. The number of hydrogen-bond donors (Lipinski definition) is 0. The zero-order valence-corrected chi connectivity index (χ0v) is 12.5. The quantitative estimate of drug-likeness (QED) is 0.853. The van der Waals surface area contributed by atoms with Crippen molar-refractivity contribution in [2.45, 2.75) is 32.5 Å². The topological polar surface area (TPSA) is 51.7 Å². The molecule has 1 atom stereocenters. The molecular weight excluding hydrogens is 268 g/mol. The minimum absolute atomic E-state index is 0.108. The number of amides is 1. The van der Waals surface area contributed by atoms with Gasteiger partial charge in [-0.25, -0.2) is 0 Å². The van der Waals surface area contributed by atoms with E-state index >= 15 is 0 Å². The molecule has 114 valence electrons. The van der Waals surface area contributed by atoms with Gasteiger partial charge in [-0.15, -0.1) is 0 Å². The standard InChI is InChI=1S/C16H22N2O3/c1-2-12-10-17-6-5-14(12)15(19)18-7-3-4-13(11-18)16-20-8-9-21-16/h5-6,10,13,16H,2-4,7-9,11H2,1H3. The van der Waals surface area contributed by atoms with Gasteiger partial charge in [-0.3, -0.25) is 9.78 Å². The maximum Gasteiger partial charge on any atom is 0.254 e. The summed E-state index contributed by atoms with van der Waals surface area (Å²) >= 11 is 0. The van der Waals surface area contributed by atoms with Gasteiger partial charge in [0.25, 0.3) is 5.91 Å². The molecule has 0 radical (unpaired) electrons. The van der Waals surface area contributed by atoms with Gasteiger partial charge in [0.15, 0.2) is 6.29 Å². The number of pyridine rings is 1. The van der Waals surface area contributed by atoms with Gasteiger partial charge in [0.2, 0.25) is 0 Å². The van der Waals surface area contributed by atoms with Gasteiger partial charge in [0.05, 0.1) is 13.2 Å². The van der Waals surface area contributed by atoms with Crippen molar-refractivity contribution in [1.29, 1.82) is 0 Å². The summed E-state index contributed by atoms with van der Waals surface area (Å²) in [5.74, 6) is 0.397. The summed E-state index contributed by atoms with van der Waals surface area (Å²) in [5, 5.41) is 0. The summed E-state index contributed by atoms with van der Waals surface area (Å²) in [6, 6.07) is 1.83. The van der Waals surface area contributed by atoms with Gasteiger partial charge in [-0.1, -0.05) is 6.92 Å². The minimum atomic E-state index is -0.135. The smallest absolute Gasteiger partial charge is 0.254 e. The molecule has 1 amide bonds. The highest BCUT2D eigenvalue weighted by Gasteiger charge is 2.33. The molecular formula is C16H22N2O3. The van der Waals surface area contributed by atoms with E-state index in [-0.39, 0.29) is 18.1 Å². The van der Waals surface area contributed by atoms with Gasteiger partial charge < -0.3 is 14.4 Å². The molecule has 5 nitrogen and oxygen atoms in total. The van der Waals surface area contributed by atoms with Crippen LogP contribution in [0.4, 0.5) is 0 Å². The number of ether oxygens (including phenoxy) is 2. The van der Waals surface area contributed by atoms with E-state index in [1.54, 1.807) is 12.4 Å². The number of nitrogens with zero attached hydrogens (tertiary/aromatic N) is 2. The number of likely N-dealkylation sites (tertiary alicyclic amines) is 1. The highest BCUT2D eigenvalue weighted by molar-refractivity contribution is 5.95. The number of rotatable bonds is 3. The van der Waals surface area contributed by atoms with Crippen molar-refractivity contribution in [3.63, 3.8) is 0 Å². The van der Waals surface area contributed by atoms with Crippen molar-refractivity contribution in [2.24, 2.45) is 5.92 Å². The zero-order valence-electron chi connectivity index (χ0n) is 12.5. The molecule has 2 aliphatic heterocycles. The average molecular weight is 290 g/mol. The third-order valence-corrected chi connectivity index (χ3v) is 4.29.